The maximum atomic E-state index is 13.0. The quantitative estimate of drug-likeness (QED) is 0.863. The van der Waals surface area contributed by atoms with Gasteiger partial charge in [-0.1, -0.05) is 19.1 Å². The molecule has 7 nitrogen and oxygen atoms in total. The Labute approximate surface area is 156 Å². The fraction of sp³-hybridized carbons (Fsp3) is 0.263. The minimum atomic E-state index is -0.775. The van der Waals surface area contributed by atoms with Gasteiger partial charge in [0.2, 0.25) is 5.91 Å². The van der Waals surface area contributed by atoms with E-state index in [1.165, 1.54) is 17.0 Å². The van der Waals surface area contributed by atoms with E-state index in [-0.39, 0.29) is 24.0 Å². The molecule has 3 N–H and O–H groups in total. The second-order valence-electron chi connectivity index (χ2n) is 6.38. The molecular weight excluding hydrogens is 349 g/mol. The summed E-state index contributed by atoms with van der Waals surface area (Å²) in [4.78, 5) is 34.2. The summed E-state index contributed by atoms with van der Waals surface area (Å²) in [5.41, 5.74) is 6.54. The summed E-state index contributed by atoms with van der Waals surface area (Å²) in [5.74, 6) is -0.923. The number of benzene rings is 1. The number of nitrogens with zero attached hydrogens (tertiary/aromatic N) is 3. The van der Waals surface area contributed by atoms with Crippen molar-refractivity contribution in [2.75, 3.05) is 12.4 Å². The first-order valence-corrected chi connectivity index (χ1v) is 8.50. The minimum absolute atomic E-state index is 0.101. The molecule has 2 aromatic rings. The molecule has 0 aliphatic carbocycles. The van der Waals surface area contributed by atoms with E-state index in [9.17, 15) is 14.0 Å². The van der Waals surface area contributed by atoms with Crippen LogP contribution in [0.2, 0.25) is 0 Å². The highest BCUT2D eigenvalue weighted by molar-refractivity contribution is 6.03. The Morgan fingerprint density at radius 1 is 1.37 bits per heavy atom. The molecule has 3 rings (SSSR count). The largest absolute Gasteiger partial charge is 0.369 e. The summed E-state index contributed by atoms with van der Waals surface area (Å²) in [7, 11) is 1.59. The number of aliphatic imine (C=N–C) groups is 1. The van der Waals surface area contributed by atoms with Gasteiger partial charge in [-0.05, 0) is 36.2 Å². The average Bonchev–Trinajstić information content (AvgIpc) is 2.66. The number of nitrogens with one attached hydrogen (secondary N) is 1. The number of nitrogens with two attached hydrogens (primary N) is 1. The molecule has 0 spiro atoms. The maximum Gasteiger partial charge on any atom is 0.274 e. The Morgan fingerprint density at radius 2 is 2.15 bits per heavy atom. The molecule has 1 aliphatic rings. The molecule has 0 radical (unpaired) electrons. The summed E-state index contributed by atoms with van der Waals surface area (Å²) >= 11 is 0. The van der Waals surface area contributed by atoms with Gasteiger partial charge >= 0.3 is 0 Å². The van der Waals surface area contributed by atoms with Gasteiger partial charge in [-0.25, -0.2) is 14.4 Å². The number of hydrogen-bond donors (Lipinski definition) is 2. The molecule has 8 heteroatoms. The molecule has 0 unspecified atom stereocenters. The Bertz CT molecular complexity index is 913. The molecule has 140 valence electrons. The van der Waals surface area contributed by atoms with Crippen molar-refractivity contribution in [2.45, 2.75) is 25.3 Å². The Morgan fingerprint density at radius 3 is 2.78 bits per heavy atom. The third-order valence-electron chi connectivity index (χ3n) is 4.69. The molecule has 0 bridgehead atoms. The van der Waals surface area contributed by atoms with Crippen LogP contribution in [0.15, 0.2) is 47.6 Å². The summed E-state index contributed by atoms with van der Waals surface area (Å²) in [6.45, 7) is 1.93. The predicted octanol–water partition coefficient (Wildman–Crippen LogP) is 2.26. The van der Waals surface area contributed by atoms with Gasteiger partial charge in [-0.2, -0.15) is 0 Å². The third-order valence-corrected chi connectivity index (χ3v) is 4.69. The van der Waals surface area contributed by atoms with Crippen molar-refractivity contribution in [3.05, 3.63) is 59.7 Å². The molecular formula is C19H20FN5O2. The molecule has 1 aromatic heterocycles. The fourth-order valence-corrected chi connectivity index (χ4v) is 3.00. The second kappa shape index (κ2) is 7.14. The number of guanidine groups is 1. The molecule has 0 fully saturated rings. The van der Waals surface area contributed by atoms with E-state index in [1.807, 2.05) is 13.0 Å². The zero-order valence-corrected chi connectivity index (χ0v) is 15.1. The monoisotopic (exact) mass is 369 g/mol. The number of aromatic nitrogens is 1. The van der Waals surface area contributed by atoms with Gasteiger partial charge < -0.3 is 11.1 Å². The van der Waals surface area contributed by atoms with E-state index < -0.39 is 17.3 Å². The molecule has 0 saturated heterocycles. The Hall–Kier alpha value is -3.29. The molecule has 1 aliphatic heterocycles. The van der Waals surface area contributed by atoms with Crippen LogP contribution in [0.5, 0.6) is 0 Å². The van der Waals surface area contributed by atoms with Gasteiger partial charge in [-0.15, -0.1) is 0 Å². The number of carbonyl (C=O) groups is 2. The van der Waals surface area contributed by atoms with E-state index in [0.717, 1.165) is 11.8 Å². The Balaban J connectivity index is 1.89. The number of carbonyl (C=O) groups excluding carboxylic acids is 2. The minimum Gasteiger partial charge on any atom is -0.369 e. The van der Waals surface area contributed by atoms with Crippen molar-refractivity contribution in [1.82, 2.24) is 9.88 Å². The lowest BCUT2D eigenvalue weighted by Crippen LogP contribution is -2.48. The zero-order chi connectivity index (χ0) is 19.6. The highest BCUT2D eigenvalue weighted by Crippen LogP contribution is 2.37. The first-order chi connectivity index (χ1) is 12.8. The third kappa shape index (κ3) is 3.64. The Kier molecular flexibility index (Phi) is 4.89. The van der Waals surface area contributed by atoms with E-state index in [4.69, 9.17) is 5.73 Å². The smallest absolute Gasteiger partial charge is 0.274 e. The zero-order valence-electron chi connectivity index (χ0n) is 15.1. The number of anilines is 1. The van der Waals surface area contributed by atoms with Crippen LogP contribution >= 0.6 is 0 Å². The normalized spacial score (nSPS) is 19.6. The number of rotatable bonds is 4. The topological polar surface area (TPSA) is 101 Å². The van der Waals surface area contributed by atoms with Crippen molar-refractivity contribution in [2.24, 2.45) is 10.7 Å². The van der Waals surface area contributed by atoms with Gasteiger partial charge in [0.25, 0.3) is 5.91 Å². The van der Waals surface area contributed by atoms with E-state index in [2.05, 4.69) is 15.3 Å². The molecule has 27 heavy (non-hydrogen) atoms. The maximum absolute atomic E-state index is 13.0. The highest BCUT2D eigenvalue weighted by Gasteiger charge is 2.38. The molecule has 1 aromatic carbocycles. The van der Waals surface area contributed by atoms with E-state index in [0.29, 0.717) is 12.1 Å². The molecule has 0 saturated carbocycles. The SMILES string of the molecule is CC[C@@]1(c2cccc(NC(=O)c3ccc(F)cn3)c2)CC(=O)N(C)C(N)=N1. The first kappa shape index (κ1) is 18.5. The van der Waals surface area contributed by atoms with Crippen LogP contribution in [-0.2, 0) is 10.3 Å². The number of hydrogen-bond acceptors (Lipinski definition) is 5. The van der Waals surface area contributed by atoms with Crippen molar-refractivity contribution < 1.29 is 14.0 Å². The molecule has 2 amide bonds. The van der Waals surface area contributed by atoms with Gasteiger partial charge in [-0.3, -0.25) is 14.5 Å². The van der Waals surface area contributed by atoms with Crippen molar-refractivity contribution in [1.29, 1.82) is 0 Å². The van der Waals surface area contributed by atoms with Crippen LogP contribution in [0.4, 0.5) is 10.1 Å². The summed E-state index contributed by atoms with van der Waals surface area (Å²) in [5, 5.41) is 2.73. The van der Waals surface area contributed by atoms with E-state index >= 15 is 0 Å². The summed E-state index contributed by atoms with van der Waals surface area (Å²) < 4.78 is 13.0. The average molecular weight is 369 g/mol. The summed E-state index contributed by atoms with van der Waals surface area (Å²) in [6.07, 6.45) is 1.75. The fourth-order valence-electron chi connectivity index (χ4n) is 3.00. The van der Waals surface area contributed by atoms with Gasteiger partial charge in [0.1, 0.15) is 11.5 Å². The number of pyridine rings is 1. The van der Waals surface area contributed by atoms with Gasteiger partial charge in [0.05, 0.1) is 18.2 Å². The lowest BCUT2D eigenvalue weighted by atomic mass is 9.83. The van der Waals surface area contributed by atoms with Gasteiger partial charge in [0.15, 0.2) is 5.96 Å². The molecule has 1 atom stereocenters. The van der Waals surface area contributed by atoms with Gasteiger partial charge in [0, 0.05) is 12.7 Å². The lowest BCUT2D eigenvalue weighted by Gasteiger charge is -2.36. The van der Waals surface area contributed by atoms with Crippen LogP contribution in [-0.4, -0.2) is 34.7 Å². The highest BCUT2D eigenvalue weighted by atomic mass is 19.1. The van der Waals surface area contributed by atoms with Crippen molar-refractivity contribution >= 4 is 23.5 Å². The van der Waals surface area contributed by atoms with Crippen LogP contribution in [0, 0.1) is 5.82 Å². The number of halogens is 1. The van der Waals surface area contributed by atoms with Crippen LogP contribution in [0.25, 0.3) is 0 Å². The molecule has 2 heterocycles. The summed E-state index contributed by atoms with van der Waals surface area (Å²) in [6, 6.07) is 9.59. The second-order valence-corrected chi connectivity index (χ2v) is 6.38. The van der Waals surface area contributed by atoms with E-state index in [1.54, 1.807) is 25.2 Å². The first-order valence-electron chi connectivity index (χ1n) is 8.50. The predicted molar refractivity (Wildman–Crippen MR) is 99.6 cm³/mol. The lowest BCUT2D eigenvalue weighted by molar-refractivity contribution is -0.128. The van der Waals surface area contributed by atoms with Crippen molar-refractivity contribution in [3.8, 4) is 0 Å². The van der Waals surface area contributed by atoms with Crippen LogP contribution in [0.1, 0.15) is 35.8 Å². The standard InChI is InChI=1S/C19H20FN5O2/c1-3-19(10-16(26)25(2)18(21)24-19)12-5-4-6-14(9-12)23-17(27)15-8-7-13(20)11-22-15/h4-9,11H,3,10H2,1-2H3,(H2,21,24)(H,23,27)/t19-/m0/s1. The van der Waals surface area contributed by atoms with Crippen LogP contribution < -0.4 is 11.1 Å². The van der Waals surface area contributed by atoms with Crippen LogP contribution in [0.3, 0.4) is 0 Å². The van der Waals surface area contributed by atoms with Crippen molar-refractivity contribution in [3.63, 3.8) is 0 Å². The number of amides is 2.